The normalized spacial score (nSPS) is 16.6. The number of amides is 1. The van der Waals surface area contributed by atoms with Crippen LogP contribution in [-0.4, -0.2) is 42.2 Å². The van der Waals surface area contributed by atoms with E-state index in [0.29, 0.717) is 24.6 Å². The van der Waals surface area contributed by atoms with Gasteiger partial charge in [0.15, 0.2) is 0 Å². The Kier molecular flexibility index (Phi) is 5.96. The van der Waals surface area contributed by atoms with E-state index < -0.39 is 0 Å². The van der Waals surface area contributed by atoms with Crippen LogP contribution in [0.25, 0.3) is 0 Å². The van der Waals surface area contributed by atoms with Gasteiger partial charge < -0.3 is 10.4 Å². The van der Waals surface area contributed by atoms with Crippen LogP contribution in [0.4, 0.5) is 0 Å². The van der Waals surface area contributed by atoms with Crippen LogP contribution in [0.5, 0.6) is 0 Å². The first-order valence-electron chi connectivity index (χ1n) is 7.54. The molecule has 1 aromatic rings. The molecule has 114 valence electrons. The van der Waals surface area contributed by atoms with E-state index >= 15 is 0 Å². The van der Waals surface area contributed by atoms with Gasteiger partial charge in [-0.1, -0.05) is 18.2 Å². The van der Waals surface area contributed by atoms with E-state index in [0.717, 1.165) is 32.5 Å². The number of benzene rings is 1. The molecule has 4 nitrogen and oxygen atoms in total. The highest BCUT2D eigenvalue weighted by Gasteiger charge is 2.18. The molecule has 2 N–H and O–H groups in total. The topological polar surface area (TPSA) is 52.6 Å². The van der Waals surface area contributed by atoms with Crippen molar-refractivity contribution in [2.24, 2.45) is 5.92 Å². The summed E-state index contributed by atoms with van der Waals surface area (Å²) in [5.74, 6) is 0.405. The minimum Gasteiger partial charge on any atom is -0.396 e. The first-order valence-corrected chi connectivity index (χ1v) is 7.54. The Balaban J connectivity index is 1.85. The van der Waals surface area contributed by atoms with E-state index in [2.05, 4.69) is 16.8 Å². The molecule has 0 bridgehead atoms. The SMILES string of the molecule is C=CCNC(=O)c1ccc(CN2CCC(CO)CC2)cc1. The van der Waals surface area contributed by atoms with Gasteiger partial charge in [-0.2, -0.15) is 0 Å². The quantitative estimate of drug-likeness (QED) is 0.785. The molecule has 2 rings (SSSR count). The van der Waals surface area contributed by atoms with E-state index in [1.807, 2.05) is 24.3 Å². The fourth-order valence-corrected chi connectivity index (χ4v) is 2.61. The predicted molar refractivity (Wildman–Crippen MR) is 84.1 cm³/mol. The molecule has 4 heteroatoms. The summed E-state index contributed by atoms with van der Waals surface area (Å²) in [4.78, 5) is 14.2. The van der Waals surface area contributed by atoms with Gasteiger partial charge in [0.05, 0.1) is 0 Å². The Bertz CT molecular complexity index is 462. The second kappa shape index (κ2) is 7.96. The summed E-state index contributed by atoms with van der Waals surface area (Å²) < 4.78 is 0. The summed E-state index contributed by atoms with van der Waals surface area (Å²) in [7, 11) is 0. The number of hydrogen-bond donors (Lipinski definition) is 2. The second-order valence-electron chi connectivity index (χ2n) is 5.60. The van der Waals surface area contributed by atoms with Gasteiger partial charge >= 0.3 is 0 Å². The third kappa shape index (κ3) is 4.69. The number of nitrogens with zero attached hydrogens (tertiary/aromatic N) is 1. The van der Waals surface area contributed by atoms with Crippen LogP contribution in [0.3, 0.4) is 0 Å². The van der Waals surface area contributed by atoms with Crippen LogP contribution < -0.4 is 5.32 Å². The summed E-state index contributed by atoms with van der Waals surface area (Å²) >= 11 is 0. The van der Waals surface area contributed by atoms with Crippen LogP contribution in [-0.2, 0) is 6.54 Å². The predicted octanol–water partition coefficient (Wildman–Crippen LogP) is 1.81. The number of carbonyl (C=O) groups excluding carboxylic acids is 1. The zero-order valence-electron chi connectivity index (χ0n) is 12.4. The van der Waals surface area contributed by atoms with Gasteiger partial charge in [0.25, 0.3) is 5.91 Å². The smallest absolute Gasteiger partial charge is 0.251 e. The van der Waals surface area contributed by atoms with E-state index in [1.54, 1.807) is 6.08 Å². The maximum atomic E-state index is 11.8. The summed E-state index contributed by atoms with van der Waals surface area (Å²) in [6.45, 7) is 7.35. The second-order valence-corrected chi connectivity index (χ2v) is 5.60. The van der Waals surface area contributed by atoms with Gasteiger partial charge in [-0.25, -0.2) is 0 Å². The highest BCUT2D eigenvalue weighted by Crippen LogP contribution is 2.18. The van der Waals surface area contributed by atoms with Crippen molar-refractivity contribution in [3.63, 3.8) is 0 Å². The van der Waals surface area contributed by atoms with Gasteiger partial charge in [0, 0.05) is 25.3 Å². The number of likely N-dealkylation sites (tertiary alicyclic amines) is 1. The molecule has 21 heavy (non-hydrogen) atoms. The zero-order valence-corrected chi connectivity index (χ0v) is 12.4. The molecule has 1 aliphatic rings. The van der Waals surface area contributed by atoms with Crippen molar-refractivity contribution in [2.75, 3.05) is 26.2 Å². The average molecular weight is 288 g/mol. The fourth-order valence-electron chi connectivity index (χ4n) is 2.61. The largest absolute Gasteiger partial charge is 0.396 e. The number of hydrogen-bond acceptors (Lipinski definition) is 3. The molecule has 0 aliphatic carbocycles. The van der Waals surface area contributed by atoms with Crippen molar-refractivity contribution in [3.05, 3.63) is 48.0 Å². The van der Waals surface area contributed by atoms with E-state index in [1.165, 1.54) is 5.56 Å². The molecule has 1 aromatic carbocycles. The first-order chi connectivity index (χ1) is 10.2. The Morgan fingerprint density at radius 1 is 1.33 bits per heavy atom. The monoisotopic (exact) mass is 288 g/mol. The number of piperidine rings is 1. The average Bonchev–Trinajstić information content (AvgIpc) is 2.54. The maximum Gasteiger partial charge on any atom is 0.251 e. The first kappa shape index (κ1) is 15.7. The number of aliphatic hydroxyl groups is 1. The summed E-state index contributed by atoms with van der Waals surface area (Å²) in [5.41, 5.74) is 1.90. The molecule has 0 unspecified atom stereocenters. The molecule has 0 atom stereocenters. The van der Waals surface area contributed by atoms with Crippen LogP contribution in [0.1, 0.15) is 28.8 Å². The Hall–Kier alpha value is -1.65. The molecule has 1 saturated heterocycles. The highest BCUT2D eigenvalue weighted by molar-refractivity contribution is 5.94. The van der Waals surface area contributed by atoms with E-state index in [4.69, 9.17) is 5.11 Å². The molecule has 0 radical (unpaired) electrons. The lowest BCUT2D eigenvalue weighted by Crippen LogP contribution is -2.34. The Morgan fingerprint density at radius 3 is 2.57 bits per heavy atom. The zero-order chi connectivity index (χ0) is 15.1. The van der Waals surface area contributed by atoms with Crippen molar-refractivity contribution < 1.29 is 9.90 Å². The number of aliphatic hydroxyl groups excluding tert-OH is 1. The minimum atomic E-state index is -0.0646. The van der Waals surface area contributed by atoms with Gasteiger partial charge in [-0.05, 0) is 49.5 Å². The Labute approximate surface area is 126 Å². The molecule has 1 amide bonds. The molecule has 1 aliphatic heterocycles. The van der Waals surface area contributed by atoms with Gasteiger partial charge in [0.2, 0.25) is 0 Å². The molecule has 1 heterocycles. The van der Waals surface area contributed by atoms with Crippen LogP contribution in [0, 0.1) is 5.92 Å². The maximum absolute atomic E-state index is 11.8. The standard InChI is InChI=1S/C17H24N2O2/c1-2-9-18-17(21)16-5-3-14(4-6-16)12-19-10-7-15(13-20)8-11-19/h2-6,15,20H,1,7-13H2,(H,18,21). The van der Waals surface area contributed by atoms with Crippen molar-refractivity contribution >= 4 is 5.91 Å². The van der Waals surface area contributed by atoms with Gasteiger partial charge in [0.1, 0.15) is 0 Å². The van der Waals surface area contributed by atoms with Crippen LogP contribution in [0.15, 0.2) is 36.9 Å². The molecule has 0 aromatic heterocycles. The fraction of sp³-hybridized carbons (Fsp3) is 0.471. The van der Waals surface area contributed by atoms with Crippen molar-refractivity contribution in [3.8, 4) is 0 Å². The third-order valence-electron chi connectivity index (χ3n) is 3.99. The summed E-state index contributed by atoms with van der Waals surface area (Å²) in [5, 5.41) is 11.9. The van der Waals surface area contributed by atoms with Gasteiger partial charge in [-0.15, -0.1) is 6.58 Å². The lowest BCUT2D eigenvalue weighted by Gasteiger charge is -2.31. The summed E-state index contributed by atoms with van der Waals surface area (Å²) in [6, 6.07) is 7.77. The Morgan fingerprint density at radius 2 is 2.00 bits per heavy atom. The van der Waals surface area contributed by atoms with Crippen LogP contribution >= 0.6 is 0 Å². The van der Waals surface area contributed by atoms with E-state index in [9.17, 15) is 4.79 Å². The van der Waals surface area contributed by atoms with Crippen LogP contribution in [0.2, 0.25) is 0 Å². The van der Waals surface area contributed by atoms with Crippen molar-refractivity contribution in [1.82, 2.24) is 10.2 Å². The number of rotatable bonds is 6. The third-order valence-corrected chi connectivity index (χ3v) is 3.99. The lowest BCUT2D eigenvalue weighted by atomic mass is 9.97. The minimum absolute atomic E-state index is 0.0646. The van der Waals surface area contributed by atoms with Gasteiger partial charge in [-0.3, -0.25) is 9.69 Å². The molecule has 0 spiro atoms. The summed E-state index contributed by atoms with van der Waals surface area (Å²) in [6.07, 6.45) is 3.80. The number of nitrogens with one attached hydrogen (secondary N) is 1. The number of carbonyl (C=O) groups is 1. The molecular weight excluding hydrogens is 264 g/mol. The molecular formula is C17H24N2O2. The molecule has 0 saturated carbocycles. The lowest BCUT2D eigenvalue weighted by molar-refractivity contribution is 0.0958. The molecule has 1 fully saturated rings. The van der Waals surface area contributed by atoms with Crippen molar-refractivity contribution in [2.45, 2.75) is 19.4 Å². The highest BCUT2D eigenvalue weighted by atomic mass is 16.3. The van der Waals surface area contributed by atoms with Crippen molar-refractivity contribution in [1.29, 1.82) is 0 Å². The van der Waals surface area contributed by atoms with E-state index in [-0.39, 0.29) is 5.91 Å².